The predicted octanol–water partition coefficient (Wildman–Crippen LogP) is 2.20. The monoisotopic (exact) mass is 346 g/mol. The van der Waals surface area contributed by atoms with Crippen LogP contribution in [0, 0.1) is 5.92 Å². The lowest BCUT2D eigenvalue weighted by molar-refractivity contribution is 0.250. The topological polar surface area (TPSA) is 63.4 Å². The second-order valence-corrected chi connectivity index (χ2v) is 7.91. The van der Waals surface area contributed by atoms with Crippen LogP contribution in [0.5, 0.6) is 0 Å². The molecule has 0 radical (unpaired) electrons. The zero-order valence-corrected chi connectivity index (χ0v) is 13.3. The van der Waals surface area contributed by atoms with Crippen molar-refractivity contribution in [3.63, 3.8) is 0 Å². The SMILES string of the molecule is CC(N)C1CCN(S(=O)(=O)c2cccc(Br)c2)CC1. The minimum absolute atomic E-state index is 0.135. The van der Waals surface area contributed by atoms with Gasteiger partial charge in [0.25, 0.3) is 0 Å². The van der Waals surface area contributed by atoms with Gasteiger partial charge < -0.3 is 5.73 Å². The van der Waals surface area contributed by atoms with E-state index in [-0.39, 0.29) is 6.04 Å². The molecular weight excluding hydrogens is 328 g/mol. The van der Waals surface area contributed by atoms with Crippen LogP contribution in [0.15, 0.2) is 33.6 Å². The Morgan fingerprint density at radius 1 is 1.37 bits per heavy atom. The minimum Gasteiger partial charge on any atom is -0.328 e. The van der Waals surface area contributed by atoms with Crippen LogP contribution in [-0.2, 0) is 10.0 Å². The third-order valence-electron chi connectivity index (χ3n) is 3.68. The third-order valence-corrected chi connectivity index (χ3v) is 6.06. The number of rotatable bonds is 3. The summed E-state index contributed by atoms with van der Waals surface area (Å²) in [6, 6.07) is 6.98. The summed E-state index contributed by atoms with van der Waals surface area (Å²) in [7, 11) is -3.37. The van der Waals surface area contributed by atoms with Gasteiger partial charge in [-0.05, 0) is 43.9 Å². The molecule has 2 rings (SSSR count). The average Bonchev–Trinajstić information content (AvgIpc) is 2.39. The molecule has 4 nitrogen and oxygen atoms in total. The first kappa shape index (κ1) is 15.0. The van der Waals surface area contributed by atoms with Crippen molar-refractivity contribution in [1.82, 2.24) is 4.31 Å². The maximum Gasteiger partial charge on any atom is 0.243 e. The number of benzene rings is 1. The molecule has 6 heteroatoms. The molecule has 0 bridgehead atoms. The number of hydrogen-bond donors (Lipinski definition) is 1. The molecule has 1 saturated heterocycles. The molecule has 106 valence electrons. The van der Waals surface area contributed by atoms with E-state index in [1.807, 2.05) is 13.0 Å². The smallest absolute Gasteiger partial charge is 0.243 e. The maximum absolute atomic E-state index is 12.5. The van der Waals surface area contributed by atoms with Gasteiger partial charge in [0, 0.05) is 23.6 Å². The van der Waals surface area contributed by atoms with Crippen molar-refractivity contribution >= 4 is 26.0 Å². The summed E-state index contributed by atoms with van der Waals surface area (Å²) in [6.07, 6.45) is 1.68. The van der Waals surface area contributed by atoms with Gasteiger partial charge in [-0.2, -0.15) is 4.31 Å². The van der Waals surface area contributed by atoms with Crippen LogP contribution in [0.4, 0.5) is 0 Å². The number of nitrogens with zero attached hydrogens (tertiary/aromatic N) is 1. The summed E-state index contributed by atoms with van der Waals surface area (Å²) in [5, 5.41) is 0. The fourth-order valence-corrected chi connectivity index (χ4v) is 4.49. The van der Waals surface area contributed by atoms with Crippen molar-refractivity contribution < 1.29 is 8.42 Å². The summed E-state index contributed by atoms with van der Waals surface area (Å²) in [6.45, 7) is 3.10. The Labute approximate surface area is 123 Å². The lowest BCUT2D eigenvalue weighted by Gasteiger charge is -2.32. The van der Waals surface area contributed by atoms with Gasteiger partial charge >= 0.3 is 0 Å². The highest BCUT2D eigenvalue weighted by Crippen LogP contribution is 2.26. The van der Waals surface area contributed by atoms with E-state index >= 15 is 0 Å². The molecule has 0 aromatic heterocycles. The number of nitrogens with two attached hydrogens (primary N) is 1. The molecule has 1 fully saturated rings. The first-order chi connectivity index (χ1) is 8.91. The summed E-state index contributed by atoms with van der Waals surface area (Å²) >= 11 is 3.31. The summed E-state index contributed by atoms with van der Waals surface area (Å²) in [4.78, 5) is 0.348. The first-order valence-electron chi connectivity index (χ1n) is 6.42. The fourth-order valence-electron chi connectivity index (χ4n) is 2.42. The number of halogens is 1. The molecule has 1 aromatic carbocycles. The quantitative estimate of drug-likeness (QED) is 0.912. The summed E-state index contributed by atoms with van der Waals surface area (Å²) in [5.41, 5.74) is 5.88. The van der Waals surface area contributed by atoms with Gasteiger partial charge in [-0.15, -0.1) is 0 Å². The zero-order valence-electron chi connectivity index (χ0n) is 10.9. The number of sulfonamides is 1. The highest BCUT2D eigenvalue weighted by molar-refractivity contribution is 9.10. The van der Waals surface area contributed by atoms with Gasteiger partial charge in [0.2, 0.25) is 10.0 Å². The zero-order chi connectivity index (χ0) is 14.0. The van der Waals surface area contributed by atoms with E-state index in [2.05, 4.69) is 15.9 Å². The Kier molecular flexibility index (Phi) is 4.66. The van der Waals surface area contributed by atoms with Crippen molar-refractivity contribution in [1.29, 1.82) is 0 Å². The Hall–Kier alpha value is -0.430. The second kappa shape index (κ2) is 5.91. The molecule has 1 aliphatic rings. The molecule has 1 aliphatic heterocycles. The molecule has 1 unspecified atom stereocenters. The molecule has 1 aromatic rings. The molecule has 19 heavy (non-hydrogen) atoms. The van der Waals surface area contributed by atoms with Crippen LogP contribution in [0.1, 0.15) is 19.8 Å². The van der Waals surface area contributed by atoms with Gasteiger partial charge in [0.1, 0.15) is 0 Å². The van der Waals surface area contributed by atoms with Crippen LogP contribution in [-0.4, -0.2) is 31.9 Å². The van der Waals surface area contributed by atoms with Crippen LogP contribution >= 0.6 is 15.9 Å². The van der Waals surface area contributed by atoms with Crippen LogP contribution < -0.4 is 5.73 Å². The van der Waals surface area contributed by atoms with Crippen molar-refractivity contribution in [3.05, 3.63) is 28.7 Å². The van der Waals surface area contributed by atoms with Gasteiger partial charge in [-0.3, -0.25) is 0 Å². The Balaban J connectivity index is 2.14. The minimum atomic E-state index is -3.37. The van der Waals surface area contributed by atoms with E-state index in [0.717, 1.165) is 17.3 Å². The van der Waals surface area contributed by atoms with E-state index < -0.39 is 10.0 Å². The summed E-state index contributed by atoms with van der Waals surface area (Å²) < 4.78 is 27.3. The number of piperidine rings is 1. The fraction of sp³-hybridized carbons (Fsp3) is 0.538. The molecule has 0 aliphatic carbocycles. The third kappa shape index (κ3) is 3.37. The lowest BCUT2D eigenvalue weighted by Crippen LogP contribution is -2.42. The highest BCUT2D eigenvalue weighted by Gasteiger charge is 2.30. The molecular formula is C13H19BrN2O2S. The Bertz CT molecular complexity index is 537. The second-order valence-electron chi connectivity index (χ2n) is 5.06. The van der Waals surface area contributed by atoms with Crippen molar-refractivity contribution in [2.45, 2.75) is 30.7 Å². The van der Waals surface area contributed by atoms with Gasteiger partial charge in [-0.25, -0.2) is 8.42 Å². The average molecular weight is 347 g/mol. The van der Waals surface area contributed by atoms with E-state index in [4.69, 9.17) is 5.73 Å². The first-order valence-corrected chi connectivity index (χ1v) is 8.66. The Morgan fingerprint density at radius 2 is 2.00 bits per heavy atom. The predicted molar refractivity (Wildman–Crippen MR) is 79.3 cm³/mol. The van der Waals surface area contributed by atoms with Crippen molar-refractivity contribution in [2.24, 2.45) is 11.7 Å². The van der Waals surface area contributed by atoms with E-state index in [9.17, 15) is 8.42 Å². The Morgan fingerprint density at radius 3 is 2.53 bits per heavy atom. The molecule has 0 amide bonds. The van der Waals surface area contributed by atoms with Crippen molar-refractivity contribution in [3.8, 4) is 0 Å². The van der Waals surface area contributed by atoms with Gasteiger partial charge in [0.15, 0.2) is 0 Å². The van der Waals surface area contributed by atoms with Gasteiger partial charge in [-0.1, -0.05) is 22.0 Å². The van der Waals surface area contributed by atoms with E-state index in [1.54, 1.807) is 22.5 Å². The molecule has 1 heterocycles. The standard InChI is InChI=1S/C13H19BrN2O2S/c1-10(15)11-5-7-16(8-6-11)19(17,18)13-4-2-3-12(14)9-13/h2-4,9-11H,5-8,15H2,1H3. The number of hydrogen-bond acceptors (Lipinski definition) is 3. The molecule has 2 N–H and O–H groups in total. The van der Waals surface area contributed by atoms with E-state index in [0.29, 0.717) is 23.9 Å². The van der Waals surface area contributed by atoms with Gasteiger partial charge in [0.05, 0.1) is 4.90 Å². The normalized spacial score (nSPS) is 20.4. The van der Waals surface area contributed by atoms with Crippen LogP contribution in [0.2, 0.25) is 0 Å². The highest BCUT2D eigenvalue weighted by atomic mass is 79.9. The molecule has 0 spiro atoms. The largest absolute Gasteiger partial charge is 0.328 e. The molecule has 0 saturated carbocycles. The van der Waals surface area contributed by atoms with E-state index in [1.165, 1.54) is 0 Å². The molecule has 1 atom stereocenters. The maximum atomic E-state index is 12.5. The van der Waals surface area contributed by atoms with Crippen LogP contribution in [0.3, 0.4) is 0 Å². The summed E-state index contributed by atoms with van der Waals surface area (Å²) in [5.74, 6) is 0.425. The van der Waals surface area contributed by atoms with Crippen molar-refractivity contribution in [2.75, 3.05) is 13.1 Å². The lowest BCUT2D eigenvalue weighted by atomic mass is 9.92. The van der Waals surface area contributed by atoms with Crippen LogP contribution in [0.25, 0.3) is 0 Å².